The van der Waals surface area contributed by atoms with E-state index in [1.54, 1.807) is 6.21 Å². The third-order valence-electron chi connectivity index (χ3n) is 6.42. The van der Waals surface area contributed by atoms with E-state index in [0.717, 1.165) is 30.6 Å². The van der Waals surface area contributed by atoms with Gasteiger partial charge >= 0.3 is 0 Å². The maximum atomic E-state index is 12.9. The standard InChI is InChI=1S/C25H35NO4/c1-7-29-26-11-9-8-10-19-21(27)12-18(13-22(19)28)23-15(2)16(3)24-20(17(23)4)14-25(5,6)30-24/h11,18,27H,7-10,12-14H2,1-6H3. The van der Waals surface area contributed by atoms with E-state index in [9.17, 15) is 9.90 Å². The molecule has 1 N–H and O–H groups in total. The van der Waals surface area contributed by atoms with E-state index in [1.807, 2.05) is 6.92 Å². The van der Waals surface area contributed by atoms with Crippen molar-refractivity contribution >= 4 is 12.0 Å². The molecular weight excluding hydrogens is 378 g/mol. The molecule has 1 atom stereocenters. The molecule has 0 radical (unpaired) electrons. The number of allylic oxidation sites excluding steroid dienone is 2. The van der Waals surface area contributed by atoms with Crippen LogP contribution in [-0.2, 0) is 16.1 Å². The van der Waals surface area contributed by atoms with Gasteiger partial charge in [0.15, 0.2) is 5.78 Å². The van der Waals surface area contributed by atoms with E-state index in [2.05, 4.69) is 39.8 Å². The molecule has 1 aliphatic carbocycles. The van der Waals surface area contributed by atoms with Crippen molar-refractivity contribution in [2.75, 3.05) is 6.61 Å². The normalized spacial score (nSPS) is 20.6. The van der Waals surface area contributed by atoms with Crippen molar-refractivity contribution < 1.29 is 19.5 Å². The first-order chi connectivity index (χ1) is 14.2. The lowest BCUT2D eigenvalue weighted by Crippen LogP contribution is -2.25. The molecule has 0 amide bonds. The summed E-state index contributed by atoms with van der Waals surface area (Å²) in [6.07, 6.45) is 5.66. The molecule has 164 valence electrons. The van der Waals surface area contributed by atoms with Crippen molar-refractivity contribution in [1.82, 2.24) is 0 Å². The summed E-state index contributed by atoms with van der Waals surface area (Å²) in [5, 5.41) is 14.5. The summed E-state index contributed by atoms with van der Waals surface area (Å²) < 4.78 is 6.22. The summed E-state index contributed by atoms with van der Waals surface area (Å²) in [7, 11) is 0. The number of ketones is 1. The van der Waals surface area contributed by atoms with Gasteiger partial charge < -0.3 is 14.7 Å². The number of rotatable bonds is 7. The van der Waals surface area contributed by atoms with E-state index < -0.39 is 0 Å². The van der Waals surface area contributed by atoms with Crippen molar-refractivity contribution in [3.63, 3.8) is 0 Å². The molecule has 1 aromatic rings. The lowest BCUT2D eigenvalue weighted by atomic mass is 9.76. The largest absolute Gasteiger partial charge is 0.512 e. The summed E-state index contributed by atoms with van der Waals surface area (Å²) in [6.45, 7) is 13.0. The van der Waals surface area contributed by atoms with Crippen LogP contribution in [0.3, 0.4) is 0 Å². The Morgan fingerprint density at radius 1 is 1.20 bits per heavy atom. The number of carbonyl (C=O) groups is 1. The second-order valence-corrected chi connectivity index (χ2v) is 9.19. The molecule has 0 spiro atoms. The van der Waals surface area contributed by atoms with Gasteiger partial charge in [0.25, 0.3) is 0 Å². The van der Waals surface area contributed by atoms with Crippen molar-refractivity contribution in [1.29, 1.82) is 0 Å². The molecule has 2 aliphatic rings. The first-order valence-corrected chi connectivity index (χ1v) is 11.1. The van der Waals surface area contributed by atoms with Crippen LogP contribution in [0.25, 0.3) is 0 Å². The molecular formula is C25H35NO4. The SMILES string of the molecule is CCON=CCCCC1=C(O)CC(c2c(C)c(C)c3c(c2C)CC(C)(C)O3)CC1=O. The molecule has 0 bridgehead atoms. The predicted octanol–water partition coefficient (Wildman–Crippen LogP) is 5.78. The minimum absolute atomic E-state index is 0.0217. The summed E-state index contributed by atoms with van der Waals surface area (Å²) in [5.41, 5.74) is 6.43. The molecule has 1 heterocycles. The number of aliphatic hydroxyl groups excluding tert-OH is 1. The van der Waals surface area contributed by atoms with Gasteiger partial charge in [-0.2, -0.15) is 0 Å². The number of ether oxygens (including phenoxy) is 1. The van der Waals surface area contributed by atoms with Gasteiger partial charge in [0.1, 0.15) is 18.0 Å². The molecule has 0 fully saturated rings. The average molecular weight is 414 g/mol. The van der Waals surface area contributed by atoms with Gasteiger partial charge in [-0.15, -0.1) is 0 Å². The number of aliphatic hydroxyl groups is 1. The van der Waals surface area contributed by atoms with Crippen LogP contribution < -0.4 is 4.74 Å². The minimum atomic E-state index is -0.202. The van der Waals surface area contributed by atoms with E-state index in [0.29, 0.717) is 31.4 Å². The summed E-state index contributed by atoms with van der Waals surface area (Å²) >= 11 is 0. The van der Waals surface area contributed by atoms with E-state index in [1.165, 1.54) is 22.3 Å². The maximum Gasteiger partial charge on any atom is 0.162 e. The van der Waals surface area contributed by atoms with Crippen LogP contribution in [0, 0.1) is 20.8 Å². The fourth-order valence-corrected chi connectivity index (χ4v) is 4.89. The zero-order valence-electron chi connectivity index (χ0n) is 19.2. The quantitative estimate of drug-likeness (QED) is 0.350. The Hall–Kier alpha value is -2.30. The van der Waals surface area contributed by atoms with E-state index in [4.69, 9.17) is 9.57 Å². The molecule has 5 heteroatoms. The third kappa shape index (κ3) is 4.40. The van der Waals surface area contributed by atoms with Crippen LogP contribution in [0.15, 0.2) is 16.5 Å². The topological polar surface area (TPSA) is 68.1 Å². The molecule has 5 nitrogen and oxygen atoms in total. The first kappa shape index (κ1) is 22.4. The first-order valence-electron chi connectivity index (χ1n) is 11.1. The molecule has 0 saturated carbocycles. The summed E-state index contributed by atoms with van der Waals surface area (Å²) in [4.78, 5) is 17.8. The molecule has 3 rings (SSSR count). The zero-order valence-corrected chi connectivity index (χ0v) is 19.2. The molecule has 1 aliphatic heterocycles. The van der Waals surface area contributed by atoms with Gasteiger partial charge in [-0.05, 0) is 89.0 Å². The fraction of sp³-hybridized carbons (Fsp3) is 0.600. The van der Waals surface area contributed by atoms with Crippen molar-refractivity contribution in [3.8, 4) is 5.75 Å². The average Bonchev–Trinajstić information content (AvgIpc) is 3.00. The highest BCUT2D eigenvalue weighted by Crippen LogP contribution is 2.47. The van der Waals surface area contributed by atoms with Gasteiger partial charge in [0, 0.05) is 36.6 Å². The monoisotopic (exact) mass is 413 g/mol. The fourth-order valence-electron chi connectivity index (χ4n) is 4.89. The summed E-state index contributed by atoms with van der Waals surface area (Å²) in [6, 6.07) is 0. The number of nitrogens with zero attached hydrogens (tertiary/aromatic N) is 1. The summed E-state index contributed by atoms with van der Waals surface area (Å²) in [5.74, 6) is 1.36. The number of unbranched alkanes of at least 4 members (excludes halogenated alkanes) is 1. The molecule has 30 heavy (non-hydrogen) atoms. The van der Waals surface area contributed by atoms with Crippen LogP contribution in [-0.4, -0.2) is 29.3 Å². The van der Waals surface area contributed by atoms with Gasteiger partial charge in [0.05, 0.1) is 5.76 Å². The number of carbonyl (C=O) groups excluding carboxylic acids is 1. The van der Waals surface area contributed by atoms with Crippen LogP contribution >= 0.6 is 0 Å². The van der Waals surface area contributed by atoms with E-state index >= 15 is 0 Å². The molecule has 1 aromatic carbocycles. The Morgan fingerprint density at radius 2 is 1.93 bits per heavy atom. The smallest absolute Gasteiger partial charge is 0.162 e. The molecule has 0 saturated heterocycles. The number of benzene rings is 1. The highest BCUT2D eigenvalue weighted by Gasteiger charge is 2.37. The number of fused-ring (bicyclic) bond motifs is 1. The molecule has 1 unspecified atom stereocenters. The number of oxime groups is 1. The Bertz CT molecular complexity index is 895. The second-order valence-electron chi connectivity index (χ2n) is 9.19. The zero-order chi connectivity index (χ0) is 22.1. The van der Waals surface area contributed by atoms with Gasteiger partial charge in [0.2, 0.25) is 0 Å². The Balaban J connectivity index is 1.80. The minimum Gasteiger partial charge on any atom is -0.512 e. The third-order valence-corrected chi connectivity index (χ3v) is 6.42. The highest BCUT2D eigenvalue weighted by molar-refractivity contribution is 5.97. The van der Waals surface area contributed by atoms with Crippen LogP contribution in [0.4, 0.5) is 0 Å². The van der Waals surface area contributed by atoms with Crippen LogP contribution in [0.5, 0.6) is 5.75 Å². The maximum absolute atomic E-state index is 12.9. The number of Topliss-reactive ketones (excluding diaryl/α,β-unsaturated/α-hetero) is 1. The van der Waals surface area contributed by atoms with Gasteiger partial charge in [-0.25, -0.2) is 0 Å². The van der Waals surface area contributed by atoms with Crippen molar-refractivity contribution in [2.45, 2.75) is 91.6 Å². The van der Waals surface area contributed by atoms with Crippen molar-refractivity contribution in [2.24, 2.45) is 5.16 Å². The Kier molecular flexibility index (Phi) is 6.59. The lowest BCUT2D eigenvalue weighted by molar-refractivity contribution is -0.116. The van der Waals surface area contributed by atoms with Gasteiger partial charge in [-0.3, -0.25) is 4.79 Å². The van der Waals surface area contributed by atoms with Gasteiger partial charge in [-0.1, -0.05) is 5.16 Å². The Labute approximate surface area is 180 Å². The number of hydrogen-bond donors (Lipinski definition) is 1. The number of hydrogen-bond acceptors (Lipinski definition) is 5. The highest BCUT2D eigenvalue weighted by atomic mass is 16.6. The Morgan fingerprint density at radius 3 is 2.60 bits per heavy atom. The lowest BCUT2D eigenvalue weighted by Gasteiger charge is -2.28. The van der Waals surface area contributed by atoms with Crippen LogP contribution in [0.2, 0.25) is 0 Å². The second kappa shape index (κ2) is 8.83. The predicted molar refractivity (Wildman–Crippen MR) is 120 cm³/mol. The van der Waals surface area contributed by atoms with E-state index in [-0.39, 0.29) is 23.1 Å². The van der Waals surface area contributed by atoms with Crippen molar-refractivity contribution in [3.05, 3.63) is 39.1 Å². The molecule has 0 aromatic heterocycles. The van der Waals surface area contributed by atoms with Crippen LogP contribution in [0.1, 0.15) is 86.6 Å².